The molecule has 1 aromatic rings. The molecule has 6 heteroatoms. The first kappa shape index (κ1) is 23.6. The molecule has 1 saturated heterocycles. The van der Waals surface area contributed by atoms with Crippen molar-refractivity contribution in [3.63, 3.8) is 0 Å². The third-order valence-corrected chi connectivity index (χ3v) is 7.54. The summed E-state index contributed by atoms with van der Waals surface area (Å²) in [5, 5.41) is 21.0. The number of benzene rings is 1. The molecule has 0 aromatic heterocycles. The quantitative estimate of drug-likeness (QED) is 0.738. The van der Waals surface area contributed by atoms with Gasteiger partial charge in [0.05, 0.1) is 11.0 Å². The molecule has 0 spiro atoms. The van der Waals surface area contributed by atoms with Crippen LogP contribution < -0.4 is 0 Å². The van der Waals surface area contributed by atoms with E-state index in [1.807, 2.05) is 56.0 Å². The molecular formula is C25H38N2O4. The van der Waals surface area contributed by atoms with Crippen LogP contribution in [0.5, 0.6) is 0 Å². The fourth-order valence-corrected chi connectivity index (χ4v) is 5.66. The van der Waals surface area contributed by atoms with E-state index >= 15 is 0 Å². The summed E-state index contributed by atoms with van der Waals surface area (Å²) in [5.74, 6) is 0.245. The van der Waals surface area contributed by atoms with E-state index in [0.29, 0.717) is 45.2 Å². The fraction of sp³-hybridized carbons (Fsp3) is 0.680. The fourth-order valence-electron chi connectivity index (χ4n) is 5.66. The number of piperidine rings is 1. The van der Waals surface area contributed by atoms with Gasteiger partial charge in [-0.2, -0.15) is 0 Å². The van der Waals surface area contributed by atoms with Gasteiger partial charge in [0.15, 0.2) is 0 Å². The normalized spacial score (nSPS) is 26.2. The van der Waals surface area contributed by atoms with Crippen molar-refractivity contribution in [2.75, 3.05) is 13.1 Å². The van der Waals surface area contributed by atoms with Gasteiger partial charge in [0.2, 0.25) is 5.91 Å². The topological polar surface area (TPSA) is 81.1 Å². The number of carboxylic acid groups (broad SMARTS) is 1. The summed E-state index contributed by atoms with van der Waals surface area (Å²) >= 11 is 0. The minimum atomic E-state index is -0.921. The van der Waals surface area contributed by atoms with Gasteiger partial charge in [-0.05, 0) is 64.4 Å². The molecule has 2 aliphatic rings. The van der Waals surface area contributed by atoms with Crippen LogP contribution in [-0.4, -0.2) is 56.7 Å². The number of rotatable bonds is 4. The molecule has 1 heterocycles. The van der Waals surface area contributed by atoms with Crippen molar-refractivity contribution in [2.45, 2.75) is 83.9 Å². The lowest BCUT2D eigenvalue weighted by atomic mass is 9.73. The number of amides is 2. The Morgan fingerprint density at radius 2 is 1.68 bits per heavy atom. The maximum absolute atomic E-state index is 13.8. The van der Waals surface area contributed by atoms with Gasteiger partial charge < -0.3 is 20.0 Å². The molecule has 0 radical (unpaired) electrons. The Balaban J connectivity index is 1.76. The molecule has 1 aliphatic carbocycles. The van der Waals surface area contributed by atoms with Crippen molar-refractivity contribution < 1.29 is 19.8 Å². The zero-order chi connectivity index (χ0) is 23.0. The Morgan fingerprint density at radius 3 is 2.16 bits per heavy atom. The Bertz CT molecular complexity index is 793. The van der Waals surface area contributed by atoms with Crippen molar-refractivity contribution in [3.8, 4) is 0 Å². The van der Waals surface area contributed by atoms with Crippen LogP contribution in [0.25, 0.3) is 0 Å². The number of hydrogen-bond acceptors (Lipinski definition) is 3. The van der Waals surface area contributed by atoms with Gasteiger partial charge in [0, 0.05) is 24.7 Å². The highest BCUT2D eigenvalue weighted by atomic mass is 16.4. The van der Waals surface area contributed by atoms with Gasteiger partial charge in [0.1, 0.15) is 0 Å². The average Bonchev–Trinajstić information content (AvgIpc) is 3.13. The molecule has 3 rings (SSSR count). The third kappa shape index (κ3) is 4.45. The molecule has 172 valence electrons. The number of hydrogen-bond donors (Lipinski definition) is 2. The van der Waals surface area contributed by atoms with E-state index in [1.165, 1.54) is 4.90 Å². The maximum Gasteiger partial charge on any atom is 0.407 e. The van der Waals surface area contributed by atoms with Crippen molar-refractivity contribution in [1.29, 1.82) is 0 Å². The Labute approximate surface area is 186 Å². The van der Waals surface area contributed by atoms with Crippen molar-refractivity contribution in [3.05, 3.63) is 35.9 Å². The molecular weight excluding hydrogens is 392 g/mol. The molecule has 31 heavy (non-hydrogen) atoms. The number of carbonyl (C=O) groups is 2. The second kappa shape index (κ2) is 8.45. The van der Waals surface area contributed by atoms with E-state index in [2.05, 4.69) is 13.8 Å². The van der Waals surface area contributed by atoms with Crippen LogP contribution in [0.2, 0.25) is 0 Å². The second-order valence-electron chi connectivity index (χ2n) is 10.7. The van der Waals surface area contributed by atoms with E-state index in [-0.39, 0.29) is 17.9 Å². The molecule has 0 bridgehead atoms. The molecule has 1 aromatic carbocycles. The number of likely N-dealkylation sites (tertiary alicyclic amines) is 1. The predicted molar refractivity (Wildman–Crippen MR) is 121 cm³/mol. The summed E-state index contributed by atoms with van der Waals surface area (Å²) in [4.78, 5) is 29.2. The van der Waals surface area contributed by atoms with Crippen molar-refractivity contribution >= 4 is 12.0 Å². The summed E-state index contributed by atoms with van der Waals surface area (Å²) in [6, 6.07) is 9.53. The van der Waals surface area contributed by atoms with Gasteiger partial charge in [0.25, 0.3) is 0 Å². The largest absolute Gasteiger partial charge is 0.465 e. The van der Waals surface area contributed by atoms with Crippen LogP contribution in [0.15, 0.2) is 30.3 Å². The molecule has 2 fully saturated rings. The minimum absolute atomic E-state index is 0.121. The molecule has 6 nitrogen and oxygen atoms in total. The highest BCUT2D eigenvalue weighted by Crippen LogP contribution is 2.49. The van der Waals surface area contributed by atoms with Gasteiger partial charge in [-0.1, -0.05) is 44.2 Å². The smallest absolute Gasteiger partial charge is 0.407 e. The summed E-state index contributed by atoms with van der Waals surface area (Å²) < 4.78 is 0. The maximum atomic E-state index is 13.8. The van der Waals surface area contributed by atoms with Crippen molar-refractivity contribution in [1.82, 2.24) is 9.80 Å². The molecule has 1 aliphatic heterocycles. The monoisotopic (exact) mass is 430 g/mol. The standard InChI is InChI=1S/C25H38N2O4/c1-18(2)24(12-11-20(17-24)27(22(29)30)23(3,4)5)21(28)26-15-13-25(31,14-16-26)19-9-7-6-8-10-19/h6-10,18,20,31H,11-17H2,1-5H3,(H,29,30)/t20-,24+/m1/s1. The average molecular weight is 431 g/mol. The number of aliphatic hydroxyl groups is 1. The van der Waals surface area contributed by atoms with Gasteiger partial charge >= 0.3 is 6.09 Å². The van der Waals surface area contributed by atoms with Crippen molar-refractivity contribution in [2.24, 2.45) is 11.3 Å². The summed E-state index contributed by atoms with van der Waals surface area (Å²) in [6.07, 6.45) is 2.08. The predicted octanol–water partition coefficient (Wildman–Crippen LogP) is 4.47. The van der Waals surface area contributed by atoms with Crippen LogP contribution in [0, 0.1) is 11.3 Å². The van der Waals surface area contributed by atoms with Gasteiger partial charge in [-0.3, -0.25) is 4.79 Å². The Kier molecular flexibility index (Phi) is 6.43. The number of carbonyl (C=O) groups excluding carboxylic acids is 1. The molecule has 2 N–H and O–H groups in total. The Morgan fingerprint density at radius 1 is 1.10 bits per heavy atom. The van der Waals surface area contributed by atoms with Crippen LogP contribution >= 0.6 is 0 Å². The van der Waals surface area contributed by atoms with E-state index in [1.54, 1.807) is 0 Å². The zero-order valence-electron chi connectivity index (χ0n) is 19.6. The van der Waals surface area contributed by atoms with Crippen LogP contribution in [0.3, 0.4) is 0 Å². The molecule has 1 saturated carbocycles. The Hall–Kier alpha value is -2.08. The third-order valence-electron chi connectivity index (χ3n) is 7.54. The van der Waals surface area contributed by atoms with Gasteiger partial charge in [-0.25, -0.2) is 4.79 Å². The lowest BCUT2D eigenvalue weighted by Crippen LogP contribution is -2.53. The summed E-state index contributed by atoms with van der Waals surface area (Å²) in [7, 11) is 0. The zero-order valence-corrected chi connectivity index (χ0v) is 19.6. The molecule has 2 amide bonds. The second-order valence-corrected chi connectivity index (χ2v) is 10.7. The van der Waals surface area contributed by atoms with E-state index in [4.69, 9.17) is 0 Å². The first-order valence-electron chi connectivity index (χ1n) is 11.5. The first-order chi connectivity index (χ1) is 14.4. The lowest BCUT2D eigenvalue weighted by Gasteiger charge is -2.44. The minimum Gasteiger partial charge on any atom is -0.465 e. The summed E-state index contributed by atoms with van der Waals surface area (Å²) in [6.45, 7) is 10.9. The molecule has 0 unspecified atom stereocenters. The van der Waals surface area contributed by atoms with E-state index < -0.39 is 22.6 Å². The lowest BCUT2D eigenvalue weighted by molar-refractivity contribution is -0.149. The first-order valence-corrected chi connectivity index (χ1v) is 11.5. The summed E-state index contributed by atoms with van der Waals surface area (Å²) in [5.41, 5.74) is -1.05. The van der Waals surface area contributed by atoms with E-state index in [9.17, 15) is 19.8 Å². The number of nitrogens with zero attached hydrogens (tertiary/aromatic N) is 2. The van der Waals surface area contributed by atoms with Crippen LogP contribution in [0.1, 0.15) is 72.3 Å². The van der Waals surface area contributed by atoms with E-state index in [0.717, 1.165) is 5.56 Å². The van der Waals surface area contributed by atoms with Crippen LogP contribution in [0.4, 0.5) is 4.79 Å². The van der Waals surface area contributed by atoms with Crippen LogP contribution in [-0.2, 0) is 10.4 Å². The highest BCUT2D eigenvalue weighted by Gasteiger charge is 2.53. The highest BCUT2D eigenvalue weighted by molar-refractivity contribution is 5.84. The van der Waals surface area contributed by atoms with Gasteiger partial charge in [-0.15, -0.1) is 0 Å². The SMILES string of the molecule is CC(C)[C@]1(C(=O)N2CCC(O)(c3ccccc3)CC2)CC[C@@H](N(C(=O)O)C(C)(C)C)C1. The molecule has 2 atom stereocenters.